The van der Waals surface area contributed by atoms with Crippen LogP contribution >= 0.6 is 11.8 Å². The van der Waals surface area contributed by atoms with Crippen LogP contribution in [0.1, 0.15) is 31.9 Å². The van der Waals surface area contributed by atoms with E-state index < -0.39 is 0 Å². The number of thioether (sulfide) groups is 1. The Morgan fingerprint density at radius 1 is 1.44 bits per heavy atom. The molecule has 18 heavy (non-hydrogen) atoms. The zero-order chi connectivity index (χ0) is 12.8. The first kappa shape index (κ1) is 13.7. The largest absolute Gasteiger partial charge is 0.355 e. The second-order valence-electron chi connectivity index (χ2n) is 4.69. The molecule has 0 aromatic carbocycles. The first-order valence-corrected chi connectivity index (χ1v) is 7.99. The predicted molar refractivity (Wildman–Crippen MR) is 80.5 cm³/mol. The van der Waals surface area contributed by atoms with Gasteiger partial charge in [0.25, 0.3) is 0 Å². The van der Waals surface area contributed by atoms with Gasteiger partial charge in [0.1, 0.15) is 5.82 Å². The Bertz CT molecular complexity index is 364. The molecule has 0 amide bonds. The average Bonchev–Trinajstić information content (AvgIpc) is 2.45. The summed E-state index contributed by atoms with van der Waals surface area (Å²) in [6.07, 6.45) is 3.08. The summed E-state index contributed by atoms with van der Waals surface area (Å²) in [6, 6.07) is 4.63. The second kappa shape index (κ2) is 7.00. The summed E-state index contributed by atoms with van der Waals surface area (Å²) in [5.41, 5.74) is 1.33. The first-order valence-electron chi connectivity index (χ1n) is 6.84. The first-order chi connectivity index (χ1) is 8.83. The highest BCUT2D eigenvalue weighted by atomic mass is 32.2. The average molecular weight is 265 g/mol. The summed E-state index contributed by atoms with van der Waals surface area (Å²) in [5, 5.41) is 3.56. The van der Waals surface area contributed by atoms with Crippen LogP contribution in [0.2, 0.25) is 0 Å². The van der Waals surface area contributed by atoms with Gasteiger partial charge >= 0.3 is 0 Å². The van der Waals surface area contributed by atoms with Gasteiger partial charge in [-0.15, -0.1) is 0 Å². The fourth-order valence-corrected chi connectivity index (χ4v) is 3.16. The molecule has 100 valence electrons. The molecule has 2 heterocycles. The van der Waals surface area contributed by atoms with Crippen molar-refractivity contribution in [3.05, 3.63) is 23.9 Å². The lowest BCUT2D eigenvalue weighted by Gasteiger charge is -2.30. The number of pyridine rings is 1. The Labute approximate surface area is 114 Å². The van der Waals surface area contributed by atoms with E-state index in [-0.39, 0.29) is 0 Å². The van der Waals surface area contributed by atoms with Crippen LogP contribution in [0.5, 0.6) is 0 Å². The molecule has 0 saturated carbocycles. The van der Waals surface area contributed by atoms with Gasteiger partial charge in [0.15, 0.2) is 0 Å². The van der Waals surface area contributed by atoms with Crippen LogP contribution < -0.4 is 10.2 Å². The smallest absolute Gasteiger partial charge is 0.133 e. The number of hydrogen-bond acceptors (Lipinski definition) is 4. The molecule has 1 aromatic rings. The summed E-state index contributed by atoms with van der Waals surface area (Å²) < 4.78 is 0. The highest BCUT2D eigenvalue weighted by Crippen LogP contribution is 2.25. The number of hydrogen-bond donors (Lipinski definition) is 1. The van der Waals surface area contributed by atoms with Gasteiger partial charge in [-0.25, -0.2) is 4.98 Å². The summed E-state index contributed by atoms with van der Waals surface area (Å²) in [7, 11) is 0. The van der Waals surface area contributed by atoms with E-state index in [1.54, 1.807) is 0 Å². The van der Waals surface area contributed by atoms with Crippen LogP contribution in [0.3, 0.4) is 0 Å². The molecule has 1 aliphatic heterocycles. The van der Waals surface area contributed by atoms with E-state index >= 15 is 0 Å². The molecule has 1 aliphatic rings. The highest BCUT2D eigenvalue weighted by Gasteiger charge is 2.18. The van der Waals surface area contributed by atoms with Gasteiger partial charge in [-0.05, 0) is 26.0 Å². The molecule has 2 rings (SSSR count). The molecule has 1 atom stereocenters. The minimum absolute atomic E-state index is 0.378. The standard InChI is InChI=1S/C14H23N3S/c1-3-6-15-12(2)13-5-4-7-16-14(13)17-8-10-18-11-9-17/h4-5,7,12,15H,3,6,8-11H2,1-2H3. The molecule has 1 saturated heterocycles. The number of nitrogens with one attached hydrogen (secondary N) is 1. The van der Waals surface area contributed by atoms with E-state index in [0.717, 1.165) is 19.6 Å². The number of anilines is 1. The third kappa shape index (κ3) is 3.39. The third-order valence-corrected chi connectivity index (χ3v) is 4.24. The third-order valence-electron chi connectivity index (χ3n) is 3.29. The molecule has 1 aromatic heterocycles. The van der Waals surface area contributed by atoms with Gasteiger partial charge in [-0.1, -0.05) is 13.0 Å². The van der Waals surface area contributed by atoms with Crippen LogP contribution in [0.15, 0.2) is 18.3 Å². The molecule has 3 nitrogen and oxygen atoms in total. The van der Waals surface area contributed by atoms with Crippen molar-refractivity contribution in [3.8, 4) is 0 Å². The van der Waals surface area contributed by atoms with Crippen molar-refractivity contribution in [2.24, 2.45) is 0 Å². The Morgan fingerprint density at radius 2 is 2.22 bits per heavy atom. The minimum Gasteiger partial charge on any atom is -0.355 e. The molecule has 0 radical (unpaired) electrons. The fourth-order valence-electron chi connectivity index (χ4n) is 2.26. The summed E-state index contributed by atoms with van der Waals surface area (Å²) >= 11 is 2.04. The van der Waals surface area contributed by atoms with Gasteiger partial charge in [0, 0.05) is 42.4 Å². The fraction of sp³-hybridized carbons (Fsp3) is 0.643. The molecular weight excluding hydrogens is 242 g/mol. The van der Waals surface area contributed by atoms with Crippen LogP contribution in [-0.4, -0.2) is 36.1 Å². The van der Waals surface area contributed by atoms with Crippen molar-refractivity contribution in [1.29, 1.82) is 0 Å². The monoisotopic (exact) mass is 265 g/mol. The van der Waals surface area contributed by atoms with Crippen LogP contribution in [0.4, 0.5) is 5.82 Å². The molecule has 1 unspecified atom stereocenters. The number of rotatable bonds is 5. The molecule has 4 heteroatoms. The predicted octanol–water partition coefficient (Wildman–Crippen LogP) is 2.70. The van der Waals surface area contributed by atoms with Crippen molar-refractivity contribution in [3.63, 3.8) is 0 Å². The van der Waals surface area contributed by atoms with E-state index in [2.05, 4.69) is 35.1 Å². The SMILES string of the molecule is CCCNC(C)c1cccnc1N1CCSCC1. The van der Waals surface area contributed by atoms with Crippen molar-refractivity contribution in [2.45, 2.75) is 26.3 Å². The lowest BCUT2D eigenvalue weighted by Crippen LogP contribution is -2.34. The van der Waals surface area contributed by atoms with Gasteiger partial charge < -0.3 is 10.2 Å². The Balaban J connectivity index is 2.13. The van der Waals surface area contributed by atoms with E-state index in [0.29, 0.717) is 6.04 Å². The maximum absolute atomic E-state index is 4.61. The molecule has 1 N–H and O–H groups in total. The molecule has 1 fully saturated rings. The van der Waals surface area contributed by atoms with Gasteiger partial charge in [0.2, 0.25) is 0 Å². The topological polar surface area (TPSA) is 28.2 Å². The quantitative estimate of drug-likeness (QED) is 0.886. The maximum Gasteiger partial charge on any atom is 0.133 e. The Kier molecular flexibility index (Phi) is 5.32. The van der Waals surface area contributed by atoms with Gasteiger partial charge in [0.05, 0.1) is 0 Å². The summed E-state index contributed by atoms with van der Waals surface area (Å²) in [4.78, 5) is 7.03. The Morgan fingerprint density at radius 3 is 2.94 bits per heavy atom. The van der Waals surface area contributed by atoms with Crippen LogP contribution in [-0.2, 0) is 0 Å². The van der Waals surface area contributed by atoms with Crippen molar-refractivity contribution in [1.82, 2.24) is 10.3 Å². The van der Waals surface area contributed by atoms with Crippen LogP contribution in [0.25, 0.3) is 0 Å². The van der Waals surface area contributed by atoms with Crippen LogP contribution in [0, 0.1) is 0 Å². The normalized spacial score (nSPS) is 17.8. The Hall–Kier alpha value is -0.740. The zero-order valence-corrected chi connectivity index (χ0v) is 12.2. The number of aromatic nitrogens is 1. The molecular formula is C14H23N3S. The van der Waals surface area contributed by atoms with E-state index in [1.165, 1.54) is 29.3 Å². The summed E-state index contributed by atoms with van der Waals surface area (Å²) in [5.74, 6) is 3.61. The minimum atomic E-state index is 0.378. The summed E-state index contributed by atoms with van der Waals surface area (Å²) in [6.45, 7) is 7.73. The van der Waals surface area contributed by atoms with Crippen molar-refractivity contribution in [2.75, 3.05) is 36.0 Å². The van der Waals surface area contributed by atoms with E-state index in [1.807, 2.05) is 24.0 Å². The zero-order valence-electron chi connectivity index (χ0n) is 11.4. The van der Waals surface area contributed by atoms with Gasteiger partial charge in [-0.2, -0.15) is 11.8 Å². The molecule has 0 aliphatic carbocycles. The van der Waals surface area contributed by atoms with Crippen molar-refractivity contribution >= 4 is 17.6 Å². The van der Waals surface area contributed by atoms with Gasteiger partial charge in [-0.3, -0.25) is 0 Å². The molecule has 0 spiro atoms. The number of nitrogens with zero attached hydrogens (tertiary/aromatic N) is 2. The molecule has 0 bridgehead atoms. The lowest BCUT2D eigenvalue weighted by atomic mass is 10.1. The van der Waals surface area contributed by atoms with E-state index in [9.17, 15) is 0 Å². The lowest BCUT2D eigenvalue weighted by molar-refractivity contribution is 0.567. The van der Waals surface area contributed by atoms with E-state index in [4.69, 9.17) is 0 Å². The highest BCUT2D eigenvalue weighted by molar-refractivity contribution is 7.99. The van der Waals surface area contributed by atoms with Crippen molar-refractivity contribution < 1.29 is 0 Å². The second-order valence-corrected chi connectivity index (χ2v) is 5.92. The maximum atomic E-state index is 4.61.